The quantitative estimate of drug-likeness (QED) is 0.595. The number of hydrogen-bond acceptors (Lipinski definition) is 4. The lowest BCUT2D eigenvalue weighted by molar-refractivity contribution is 0.527. The first-order valence-corrected chi connectivity index (χ1v) is 8.07. The van der Waals surface area contributed by atoms with Crippen LogP contribution in [0.25, 0.3) is 28.2 Å². The predicted octanol–water partition coefficient (Wildman–Crippen LogP) is 3.76. The number of H-pyrrole nitrogens is 1. The first-order valence-electron chi connectivity index (χ1n) is 8.07. The number of aromatic nitrogens is 6. The van der Waals surface area contributed by atoms with Crippen LogP contribution in [0, 0.1) is 11.6 Å². The number of nitrogens with one attached hydrogen (secondary N) is 1. The second-order valence-corrected chi connectivity index (χ2v) is 7.05. The maximum Gasteiger partial charge on any atom is 0.177 e. The molecular formula is C18H16F2N6. The van der Waals surface area contributed by atoms with Gasteiger partial charge < -0.3 is 0 Å². The highest BCUT2D eigenvalue weighted by atomic mass is 19.1. The lowest BCUT2D eigenvalue weighted by Crippen LogP contribution is -2.17. The first-order chi connectivity index (χ1) is 12.3. The Morgan fingerprint density at radius 1 is 1.00 bits per heavy atom. The zero-order valence-electron chi connectivity index (χ0n) is 14.5. The van der Waals surface area contributed by atoms with E-state index in [0.717, 1.165) is 6.07 Å². The van der Waals surface area contributed by atoms with Crippen LogP contribution in [-0.2, 0) is 5.41 Å². The number of benzene rings is 1. The topological polar surface area (TPSA) is 71.8 Å². The monoisotopic (exact) mass is 354 g/mol. The second kappa shape index (κ2) is 5.69. The minimum Gasteiger partial charge on any atom is -0.277 e. The number of hydrogen-bond donors (Lipinski definition) is 1. The van der Waals surface area contributed by atoms with Crippen LogP contribution in [0.15, 0.2) is 36.5 Å². The lowest BCUT2D eigenvalue weighted by atomic mass is 9.96. The molecule has 8 heteroatoms. The molecular weight excluding hydrogens is 338 g/mol. The van der Waals surface area contributed by atoms with Crippen molar-refractivity contribution >= 4 is 5.65 Å². The third-order valence-electron chi connectivity index (χ3n) is 4.05. The van der Waals surface area contributed by atoms with Crippen LogP contribution in [-0.4, -0.2) is 30.0 Å². The minimum absolute atomic E-state index is 0.223. The molecule has 0 spiro atoms. The molecule has 26 heavy (non-hydrogen) atoms. The summed E-state index contributed by atoms with van der Waals surface area (Å²) in [5.41, 5.74) is 2.21. The van der Waals surface area contributed by atoms with Gasteiger partial charge in [0.2, 0.25) is 0 Å². The molecule has 3 heterocycles. The van der Waals surface area contributed by atoms with Crippen LogP contribution < -0.4 is 0 Å². The van der Waals surface area contributed by atoms with Crippen molar-refractivity contribution in [1.29, 1.82) is 0 Å². The Balaban J connectivity index is 1.88. The number of nitrogens with zero attached hydrogens (tertiary/aromatic N) is 5. The highest BCUT2D eigenvalue weighted by Gasteiger charge is 2.23. The van der Waals surface area contributed by atoms with E-state index in [2.05, 4.69) is 25.5 Å². The third kappa shape index (κ3) is 2.63. The van der Waals surface area contributed by atoms with Gasteiger partial charge >= 0.3 is 0 Å². The van der Waals surface area contributed by atoms with E-state index in [1.165, 1.54) is 12.1 Å². The Morgan fingerprint density at radius 3 is 2.54 bits per heavy atom. The molecule has 4 rings (SSSR count). The van der Waals surface area contributed by atoms with Crippen molar-refractivity contribution in [1.82, 2.24) is 30.0 Å². The van der Waals surface area contributed by atoms with Gasteiger partial charge in [-0.3, -0.25) is 5.10 Å². The van der Waals surface area contributed by atoms with Gasteiger partial charge in [0.1, 0.15) is 11.6 Å². The predicted molar refractivity (Wildman–Crippen MR) is 92.4 cm³/mol. The number of rotatable bonds is 2. The van der Waals surface area contributed by atoms with E-state index in [-0.39, 0.29) is 11.0 Å². The molecule has 0 aliphatic rings. The van der Waals surface area contributed by atoms with E-state index in [4.69, 9.17) is 0 Å². The summed E-state index contributed by atoms with van der Waals surface area (Å²) in [5, 5.41) is 19.8. The summed E-state index contributed by atoms with van der Waals surface area (Å²) in [6.07, 6.45) is 1.56. The van der Waals surface area contributed by atoms with Gasteiger partial charge in [0.05, 0.1) is 17.6 Å². The Labute approximate surface area is 147 Å². The molecule has 0 amide bonds. The van der Waals surface area contributed by atoms with Crippen LogP contribution in [0.2, 0.25) is 0 Å². The van der Waals surface area contributed by atoms with Crippen molar-refractivity contribution in [2.45, 2.75) is 26.2 Å². The van der Waals surface area contributed by atoms with Gasteiger partial charge in [0, 0.05) is 22.6 Å². The van der Waals surface area contributed by atoms with Crippen molar-refractivity contribution in [2.24, 2.45) is 0 Å². The van der Waals surface area contributed by atoms with E-state index in [0.29, 0.717) is 28.4 Å². The molecule has 0 saturated heterocycles. The summed E-state index contributed by atoms with van der Waals surface area (Å²) >= 11 is 0. The van der Waals surface area contributed by atoms with Crippen LogP contribution >= 0.6 is 0 Å². The largest absolute Gasteiger partial charge is 0.277 e. The second-order valence-electron chi connectivity index (χ2n) is 7.05. The van der Waals surface area contributed by atoms with E-state index >= 15 is 0 Å². The Morgan fingerprint density at radius 2 is 1.81 bits per heavy atom. The Hall–Kier alpha value is -3.16. The third-order valence-corrected chi connectivity index (χ3v) is 4.05. The van der Waals surface area contributed by atoms with Crippen LogP contribution in [0.1, 0.15) is 26.6 Å². The molecule has 0 unspecified atom stereocenters. The summed E-state index contributed by atoms with van der Waals surface area (Å²) in [6.45, 7) is 6.07. The SMILES string of the molecule is CC(C)(C)c1nnc2ccc(-c3cn[nH]c3-c3ccc(F)cc3F)nn12. The molecule has 0 aliphatic heterocycles. The number of aromatic amines is 1. The van der Waals surface area contributed by atoms with Gasteiger partial charge in [0.15, 0.2) is 11.5 Å². The van der Waals surface area contributed by atoms with E-state index in [1.807, 2.05) is 20.8 Å². The van der Waals surface area contributed by atoms with Crippen LogP contribution in [0.5, 0.6) is 0 Å². The van der Waals surface area contributed by atoms with Crippen molar-refractivity contribution in [3.05, 3.63) is 54.0 Å². The molecule has 0 saturated carbocycles. The Bertz CT molecular complexity index is 1110. The fraction of sp³-hybridized carbons (Fsp3) is 0.222. The zero-order chi connectivity index (χ0) is 18.5. The van der Waals surface area contributed by atoms with Gasteiger partial charge in [0.25, 0.3) is 0 Å². The number of fused-ring (bicyclic) bond motifs is 1. The van der Waals surface area contributed by atoms with E-state index in [1.54, 1.807) is 22.8 Å². The maximum absolute atomic E-state index is 14.2. The average Bonchev–Trinajstić information content (AvgIpc) is 3.20. The fourth-order valence-corrected chi connectivity index (χ4v) is 2.78. The van der Waals surface area contributed by atoms with Gasteiger partial charge in [-0.2, -0.15) is 14.7 Å². The summed E-state index contributed by atoms with van der Waals surface area (Å²) in [7, 11) is 0. The number of halogens is 2. The summed E-state index contributed by atoms with van der Waals surface area (Å²) < 4.78 is 29.1. The van der Waals surface area contributed by atoms with Crippen LogP contribution in [0.4, 0.5) is 8.78 Å². The van der Waals surface area contributed by atoms with Gasteiger partial charge in [-0.1, -0.05) is 20.8 Å². The molecule has 0 aliphatic carbocycles. The van der Waals surface area contributed by atoms with Gasteiger partial charge in [-0.15, -0.1) is 10.2 Å². The molecule has 0 bridgehead atoms. The van der Waals surface area contributed by atoms with E-state index in [9.17, 15) is 8.78 Å². The average molecular weight is 354 g/mol. The van der Waals surface area contributed by atoms with Crippen molar-refractivity contribution in [3.63, 3.8) is 0 Å². The molecule has 0 radical (unpaired) electrons. The highest BCUT2D eigenvalue weighted by Crippen LogP contribution is 2.31. The van der Waals surface area contributed by atoms with Crippen molar-refractivity contribution < 1.29 is 8.78 Å². The summed E-state index contributed by atoms with van der Waals surface area (Å²) in [5.74, 6) is -0.588. The first kappa shape index (κ1) is 16.3. The molecule has 3 aromatic heterocycles. The van der Waals surface area contributed by atoms with Crippen molar-refractivity contribution in [2.75, 3.05) is 0 Å². The molecule has 4 aromatic rings. The summed E-state index contributed by atoms with van der Waals surface area (Å²) in [6, 6.07) is 6.99. The fourth-order valence-electron chi connectivity index (χ4n) is 2.78. The highest BCUT2D eigenvalue weighted by molar-refractivity contribution is 5.78. The Kier molecular flexibility index (Phi) is 3.57. The molecule has 1 N–H and O–H groups in total. The minimum atomic E-state index is -0.670. The van der Waals surface area contributed by atoms with Gasteiger partial charge in [-0.25, -0.2) is 8.78 Å². The van der Waals surface area contributed by atoms with Crippen molar-refractivity contribution in [3.8, 4) is 22.5 Å². The maximum atomic E-state index is 14.2. The molecule has 6 nitrogen and oxygen atoms in total. The standard InChI is InChI=1S/C18H16F2N6/c1-18(2,3)17-24-22-15-7-6-14(25-26(15)17)12-9-21-23-16(12)11-5-4-10(19)8-13(11)20/h4-9H,1-3H3,(H,21,23). The summed E-state index contributed by atoms with van der Waals surface area (Å²) in [4.78, 5) is 0. The molecule has 1 aromatic carbocycles. The lowest BCUT2D eigenvalue weighted by Gasteiger charge is -2.15. The zero-order valence-corrected chi connectivity index (χ0v) is 14.5. The molecule has 132 valence electrons. The molecule has 0 fully saturated rings. The normalized spacial score (nSPS) is 12.0. The van der Waals surface area contributed by atoms with Crippen LogP contribution in [0.3, 0.4) is 0 Å². The smallest absolute Gasteiger partial charge is 0.177 e. The van der Waals surface area contributed by atoms with E-state index < -0.39 is 11.6 Å². The van der Waals surface area contributed by atoms with Gasteiger partial charge in [-0.05, 0) is 24.3 Å². The molecule has 0 atom stereocenters.